The third-order valence-corrected chi connectivity index (χ3v) is 6.64. The summed E-state index contributed by atoms with van der Waals surface area (Å²) in [7, 11) is 1.55. The summed E-state index contributed by atoms with van der Waals surface area (Å²) in [5, 5.41) is 11.3. The van der Waals surface area contributed by atoms with Gasteiger partial charge in [-0.1, -0.05) is 42.0 Å². The molecule has 1 heterocycles. The summed E-state index contributed by atoms with van der Waals surface area (Å²) in [6, 6.07) is 19.4. The number of aliphatic hydroxyl groups excluding tert-OH is 1. The van der Waals surface area contributed by atoms with Crippen LogP contribution in [-0.2, 0) is 16.1 Å². The number of amides is 1. The predicted octanol–water partition coefficient (Wildman–Crippen LogP) is 6.57. The molecule has 0 aliphatic carbocycles. The highest BCUT2D eigenvalue weighted by molar-refractivity contribution is 9.10. The zero-order chi connectivity index (χ0) is 26.9. The van der Waals surface area contributed by atoms with E-state index in [1.807, 2.05) is 76.2 Å². The normalized spacial score (nSPS) is 17.2. The van der Waals surface area contributed by atoms with E-state index in [1.165, 1.54) is 4.90 Å². The van der Waals surface area contributed by atoms with Crippen LogP contribution in [0.5, 0.6) is 11.5 Å². The molecular formula is C30H30BrNO5. The second-order valence-electron chi connectivity index (χ2n) is 10.0. The Hall–Kier alpha value is -3.58. The average molecular weight is 564 g/mol. The summed E-state index contributed by atoms with van der Waals surface area (Å²) in [5.74, 6) is -0.298. The summed E-state index contributed by atoms with van der Waals surface area (Å²) < 4.78 is 11.8. The van der Waals surface area contributed by atoms with Crippen LogP contribution >= 0.6 is 15.9 Å². The van der Waals surface area contributed by atoms with E-state index in [2.05, 4.69) is 15.9 Å². The van der Waals surface area contributed by atoms with Gasteiger partial charge in [-0.3, -0.25) is 9.59 Å². The number of carbonyl (C=O) groups excluding carboxylic acids is 2. The molecule has 37 heavy (non-hydrogen) atoms. The first kappa shape index (κ1) is 26.5. The van der Waals surface area contributed by atoms with Crippen molar-refractivity contribution in [3.8, 4) is 11.5 Å². The van der Waals surface area contributed by atoms with Gasteiger partial charge in [0, 0.05) is 12.1 Å². The summed E-state index contributed by atoms with van der Waals surface area (Å²) in [6.45, 7) is 8.07. The number of hydrogen-bond acceptors (Lipinski definition) is 5. The SMILES string of the molecule is COc1ccc(/C(O)=C2/C(=O)C(=O)N(Cc3ccc(OC(C)(C)C)cc3)C2c2cccc(C)c2)cc1Br. The van der Waals surface area contributed by atoms with Crippen molar-refractivity contribution >= 4 is 33.4 Å². The Morgan fingerprint density at radius 1 is 1.03 bits per heavy atom. The van der Waals surface area contributed by atoms with Crippen LogP contribution in [0.3, 0.4) is 0 Å². The summed E-state index contributed by atoms with van der Waals surface area (Å²) >= 11 is 3.43. The van der Waals surface area contributed by atoms with Gasteiger partial charge in [0.05, 0.1) is 23.2 Å². The number of nitrogens with zero attached hydrogens (tertiary/aromatic N) is 1. The molecule has 192 valence electrons. The van der Waals surface area contributed by atoms with Crippen LogP contribution in [-0.4, -0.2) is 34.4 Å². The molecule has 1 saturated heterocycles. The molecule has 1 aliphatic rings. The molecule has 4 rings (SSSR count). The molecule has 1 N–H and O–H groups in total. The number of Topliss-reactive ketones (excluding diaryl/α,β-unsaturated/α-hetero) is 1. The highest BCUT2D eigenvalue weighted by atomic mass is 79.9. The molecule has 3 aromatic carbocycles. The Morgan fingerprint density at radius 2 is 1.73 bits per heavy atom. The second-order valence-corrected chi connectivity index (χ2v) is 10.9. The lowest BCUT2D eigenvalue weighted by Gasteiger charge is -2.26. The number of methoxy groups -OCH3 is 1. The van der Waals surface area contributed by atoms with E-state index < -0.39 is 17.7 Å². The molecule has 1 fully saturated rings. The molecule has 0 radical (unpaired) electrons. The largest absolute Gasteiger partial charge is 0.507 e. The van der Waals surface area contributed by atoms with Gasteiger partial charge in [-0.05, 0) is 85.1 Å². The van der Waals surface area contributed by atoms with Gasteiger partial charge < -0.3 is 19.5 Å². The molecule has 1 atom stereocenters. The lowest BCUT2D eigenvalue weighted by molar-refractivity contribution is -0.140. The number of likely N-dealkylation sites (tertiary alicyclic amines) is 1. The van der Waals surface area contributed by atoms with Gasteiger partial charge in [0.25, 0.3) is 11.7 Å². The third kappa shape index (κ3) is 5.72. The standard InChI is InChI=1S/C30H30BrNO5/c1-18-7-6-8-20(15-18)26-25(27(33)21-11-14-24(36-5)23(31)16-21)28(34)29(35)32(26)17-19-9-12-22(13-10-19)37-30(2,3)4/h6-16,26,33H,17H2,1-5H3/b27-25-. The monoisotopic (exact) mass is 563 g/mol. The minimum atomic E-state index is -0.744. The highest BCUT2D eigenvalue weighted by Crippen LogP contribution is 2.41. The molecule has 0 bridgehead atoms. The smallest absolute Gasteiger partial charge is 0.295 e. The Labute approximate surface area is 225 Å². The topological polar surface area (TPSA) is 76.1 Å². The molecule has 0 spiro atoms. The Morgan fingerprint density at radius 3 is 2.32 bits per heavy atom. The van der Waals surface area contributed by atoms with Crippen molar-refractivity contribution in [2.45, 2.75) is 45.9 Å². The van der Waals surface area contributed by atoms with Crippen molar-refractivity contribution in [3.63, 3.8) is 0 Å². The molecular weight excluding hydrogens is 534 g/mol. The number of ether oxygens (including phenoxy) is 2. The van der Waals surface area contributed by atoms with Crippen LogP contribution in [0.1, 0.15) is 49.1 Å². The molecule has 1 unspecified atom stereocenters. The zero-order valence-electron chi connectivity index (χ0n) is 21.5. The van der Waals surface area contributed by atoms with Gasteiger partial charge in [0.1, 0.15) is 22.9 Å². The highest BCUT2D eigenvalue weighted by Gasteiger charge is 2.46. The number of carbonyl (C=O) groups is 2. The van der Waals surface area contributed by atoms with Gasteiger partial charge in [-0.15, -0.1) is 0 Å². The second kappa shape index (κ2) is 10.4. The van der Waals surface area contributed by atoms with Gasteiger partial charge in [0.2, 0.25) is 0 Å². The fourth-order valence-electron chi connectivity index (χ4n) is 4.41. The van der Waals surface area contributed by atoms with Gasteiger partial charge in [-0.2, -0.15) is 0 Å². The van der Waals surface area contributed by atoms with Crippen molar-refractivity contribution < 1.29 is 24.2 Å². The summed E-state index contributed by atoms with van der Waals surface area (Å²) in [6.07, 6.45) is 0. The molecule has 1 aliphatic heterocycles. The van der Waals surface area contributed by atoms with E-state index in [-0.39, 0.29) is 23.5 Å². The van der Waals surface area contributed by atoms with Crippen LogP contribution in [0.4, 0.5) is 0 Å². The van der Waals surface area contributed by atoms with E-state index in [0.29, 0.717) is 15.8 Å². The molecule has 0 saturated carbocycles. The fourth-order valence-corrected chi connectivity index (χ4v) is 4.95. The van der Waals surface area contributed by atoms with Crippen molar-refractivity contribution in [1.29, 1.82) is 0 Å². The number of aryl methyl sites for hydroxylation is 1. The van der Waals surface area contributed by atoms with Crippen LogP contribution < -0.4 is 9.47 Å². The maximum absolute atomic E-state index is 13.3. The van der Waals surface area contributed by atoms with E-state index >= 15 is 0 Å². The van der Waals surface area contributed by atoms with E-state index in [0.717, 1.165) is 22.4 Å². The molecule has 7 heteroatoms. The maximum atomic E-state index is 13.3. The van der Waals surface area contributed by atoms with Crippen LogP contribution in [0.25, 0.3) is 5.76 Å². The minimum absolute atomic E-state index is 0.0559. The number of aliphatic hydroxyl groups is 1. The fraction of sp³-hybridized carbons (Fsp3) is 0.267. The van der Waals surface area contributed by atoms with Crippen molar-refractivity contribution in [3.05, 3.63) is 99.0 Å². The van der Waals surface area contributed by atoms with Gasteiger partial charge >= 0.3 is 0 Å². The first-order valence-corrected chi connectivity index (χ1v) is 12.7. The third-order valence-electron chi connectivity index (χ3n) is 6.02. The van der Waals surface area contributed by atoms with Crippen LogP contribution in [0, 0.1) is 6.92 Å². The van der Waals surface area contributed by atoms with Crippen LogP contribution in [0.15, 0.2) is 76.8 Å². The van der Waals surface area contributed by atoms with Crippen LogP contribution in [0.2, 0.25) is 0 Å². The summed E-state index contributed by atoms with van der Waals surface area (Å²) in [4.78, 5) is 28.2. The lowest BCUT2D eigenvalue weighted by Crippen LogP contribution is -2.29. The predicted molar refractivity (Wildman–Crippen MR) is 147 cm³/mol. The van der Waals surface area contributed by atoms with E-state index in [4.69, 9.17) is 9.47 Å². The minimum Gasteiger partial charge on any atom is -0.507 e. The van der Waals surface area contributed by atoms with Gasteiger partial charge in [0.15, 0.2) is 0 Å². The summed E-state index contributed by atoms with van der Waals surface area (Å²) in [5.41, 5.74) is 2.71. The quantitative estimate of drug-likeness (QED) is 0.208. The number of rotatable bonds is 6. The van der Waals surface area contributed by atoms with Gasteiger partial charge in [-0.25, -0.2) is 0 Å². The first-order chi connectivity index (χ1) is 17.5. The average Bonchev–Trinajstić information content (AvgIpc) is 3.08. The Bertz CT molecular complexity index is 1370. The van der Waals surface area contributed by atoms with Crippen molar-refractivity contribution in [2.24, 2.45) is 0 Å². The maximum Gasteiger partial charge on any atom is 0.295 e. The van der Waals surface area contributed by atoms with Crippen molar-refractivity contribution in [2.75, 3.05) is 7.11 Å². The Balaban J connectivity index is 1.77. The molecule has 6 nitrogen and oxygen atoms in total. The molecule has 0 aromatic heterocycles. The molecule has 3 aromatic rings. The number of benzene rings is 3. The number of halogens is 1. The lowest BCUT2D eigenvalue weighted by atomic mass is 9.94. The van der Waals surface area contributed by atoms with E-state index in [9.17, 15) is 14.7 Å². The zero-order valence-corrected chi connectivity index (χ0v) is 23.1. The number of ketones is 1. The van der Waals surface area contributed by atoms with E-state index in [1.54, 1.807) is 25.3 Å². The molecule has 1 amide bonds. The number of hydrogen-bond donors (Lipinski definition) is 1. The first-order valence-electron chi connectivity index (χ1n) is 12.0. The Kier molecular flexibility index (Phi) is 7.46. The van der Waals surface area contributed by atoms with Crippen molar-refractivity contribution in [1.82, 2.24) is 4.90 Å².